The summed E-state index contributed by atoms with van der Waals surface area (Å²) in [6, 6.07) is 0. The Hall–Kier alpha value is 1.16. The summed E-state index contributed by atoms with van der Waals surface area (Å²) in [5.74, 6) is 0. The first-order valence-electron chi connectivity index (χ1n) is 9.11. The van der Waals surface area contributed by atoms with Gasteiger partial charge >= 0.3 is 143 Å². The molecular formula is C18H40IP. The molecule has 2 heteroatoms. The summed E-state index contributed by atoms with van der Waals surface area (Å²) in [7, 11) is 0. The number of halogens is 1. The Morgan fingerprint density at radius 1 is 0.550 bits per heavy atom. The van der Waals surface area contributed by atoms with Gasteiger partial charge in [0.05, 0.1) is 0 Å². The average Bonchev–Trinajstić information content (AvgIpc) is 2.37. The number of hydrogen-bond donors (Lipinski definition) is 0. The standard InChI is InChI=1S/C18H40IP/c1-5-7-9-11-13-15-17-20(3,4,19)18-16-14-12-10-8-6-2/h5-18H2,1-4H3. The molecule has 0 atom stereocenters. The van der Waals surface area contributed by atoms with Gasteiger partial charge in [0.15, 0.2) is 0 Å². The van der Waals surface area contributed by atoms with E-state index >= 15 is 0 Å². The van der Waals surface area contributed by atoms with E-state index in [9.17, 15) is 0 Å². The molecule has 0 unspecified atom stereocenters. The zero-order valence-electron chi connectivity index (χ0n) is 14.7. The van der Waals surface area contributed by atoms with Crippen molar-refractivity contribution in [2.24, 2.45) is 0 Å². The quantitative estimate of drug-likeness (QED) is 0.154. The van der Waals surface area contributed by atoms with Crippen molar-refractivity contribution < 1.29 is 0 Å². The van der Waals surface area contributed by atoms with Crippen LogP contribution in [0.4, 0.5) is 0 Å². The molecule has 0 aliphatic carbocycles. The normalized spacial score (nSPS) is 14.2. The zero-order chi connectivity index (χ0) is 15.3. The van der Waals surface area contributed by atoms with Crippen LogP contribution in [-0.2, 0) is 0 Å². The Morgan fingerprint density at radius 3 is 1.20 bits per heavy atom. The van der Waals surface area contributed by atoms with Crippen molar-refractivity contribution in [1.29, 1.82) is 0 Å². The molecule has 0 heterocycles. The van der Waals surface area contributed by atoms with E-state index in [1.807, 2.05) is 0 Å². The molecular weight excluding hydrogens is 374 g/mol. The predicted molar refractivity (Wildman–Crippen MR) is 109 cm³/mol. The van der Waals surface area contributed by atoms with E-state index in [1.165, 1.54) is 89.4 Å². The Kier molecular flexibility index (Phi) is 12.4. The van der Waals surface area contributed by atoms with Gasteiger partial charge in [0.25, 0.3) is 0 Å². The Bertz CT molecular complexity index is 197. The first-order valence-corrected chi connectivity index (χ1v) is 15.4. The van der Waals surface area contributed by atoms with Crippen LogP contribution in [0, 0.1) is 0 Å². The van der Waals surface area contributed by atoms with Gasteiger partial charge in [-0.25, -0.2) is 0 Å². The number of unbranched alkanes of at least 4 members (excludes halogenated alkanes) is 10. The zero-order valence-corrected chi connectivity index (χ0v) is 17.8. The van der Waals surface area contributed by atoms with Crippen LogP contribution in [-0.4, -0.2) is 25.7 Å². The van der Waals surface area contributed by atoms with E-state index in [1.54, 1.807) is 0 Å². The first kappa shape index (κ1) is 21.2. The summed E-state index contributed by atoms with van der Waals surface area (Å²) < 4.78 is -1.34. The molecule has 0 fully saturated rings. The molecule has 0 saturated heterocycles. The maximum atomic E-state index is 2.88. The second-order valence-corrected chi connectivity index (χ2v) is 23.3. The molecule has 0 N–H and O–H groups in total. The van der Waals surface area contributed by atoms with E-state index in [-0.39, 0.29) is 0 Å². The fourth-order valence-electron chi connectivity index (χ4n) is 2.87. The minimum atomic E-state index is -1.34. The summed E-state index contributed by atoms with van der Waals surface area (Å²) in [6.45, 7) is 9.83. The molecule has 0 saturated carbocycles. The van der Waals surface area contributed by atoms with Crippen LogP contribution in [0.3, 0.4) is 0 Å². The van der Waals surface area contributed by atoms with Gasteiger partial charge in [0.1, 0.15) is 0 Å². The fourth-order valence-corrected chi connectivity index (χ4v) is 7.54. The summed E-state index contributed by atoms with van der Waals surface area (Å²) in [5.41, 5.74) is 0. The van der Waals surface area contributed by atoms with Crippen LogP contribution in [0.15, 0.2) is 0 Å². The van der Waals surface area contributed by atoms with Crippen LogP contribution in [0.5, 0.6) is 0 Å². The molecule has 0 aliphatic heterocycles. The van der Waals surface area contributed by atoms with Crippen molar-refractivity contribution in [2.75, 3.05) is 25.7 Å². The van der Waals surface area contributed by atoms with Gasteiger partial charge in [-0.05, 0) is 0 Å². The summed E-state index contributed by atoms with van der Waals surface area (Å²) in [5, 5.41) is 0. The molecule has 0 aromatic rings. The topological polar surface area (TPSA) is 0 Å². The van der Waals surface area contributed by atoms with E-state index in [2.05, 4.69) is 49.2 Å². The summed E-state index contributed by atoms with van der Waals surface area (Å²) in [4.78, 5) is 0. The third-order valence-corrected chi connectivity index (χ3v) is 10.7. The van der Waals surface area contributed by atoms with Crippen molar-refractivity contribution in [2.45, 2.75) is 90.9 Å². The number of rotatable bonds is 14. The molecule has 0 nitrogen and oxygen atoms in total. The Balaban J connectivity index is 3.64. The van der Waals surface area contributed by atoms with Crippen molar-refractivity contribution in [3.05, 3.63) is 0 Å². The molecule has 20 heavy (non-hydrogen) atoms. The van der Waals surface area contributed by atoms with Crippen LogP contribution < -0.4 is 0 Å². The van der Waals surface area contributed by atoms with Gasteiger partial charge in [-0.2, -0.15) is 0 Å². The molecule has 0 aromatic carbocycles. The molecule has 0 radical (unpaired) electrons. The van der Waals surface area contributed by atoms with E-state index in [0.29, 0.717) is 0 Å². The molecule has 124 valence electrons. The SMILES string of the molecule is CCCCCCCCP(C)(C)(I)CCCCCCCC. The van der Waals surface area contributed by atoms with Gasteiger partial charge in [0, 0.05) is 0 Å². The molecule has 0 aromatic heterocycles. The molecule has 0 bridgehead atoms. The third kappa shape index (κ3) is 14.1. The van der Waals surface area contributed by atoms with Crippen LogP contribution in [0.2, 0.25) is 0 Å². The van der Waals surface area contributed by atoms with Gasteiger partial charge in [0.2, 0.25) is 0 Å². The summed E-state index contributed by atoms with van der Waals surface area (Å²) >= 11 is 2.88. The van der Waals surface area contributed by atoms with Crippen molar-refractivity contribution in [3.63, 3.8) is 0 Å². The van der Waals surface area contributed by atoms with Gasteiger partial charge < -0.3 is 0 Å². The van der Waals surface area contributed by atoms with E-state index < -0.39 is 4.25 Å². The van der Waals surface area contributed by atoms with Crippen LogP contribution >= 0.6 is 26.3 Å². The Morgan fingerprint density at radius 2 is 0.850 bits per heavy atom. The second kappa shape index (κ2) is 11.7. The summed E-state index contributed by atoms with van der Waals surface area (Å²) in [6.07, 6.45) is 20.4. The Labute approximate surface area is 142 Å². The molecule has 0 spiro atoms. The van der Waals surface area contributed by atoms with Gasteiger partial charge in [-0.15, -0.1) is 0 Å². The van der Waals surface area contributed by atoms with Gasteiger partial charge in [-0.3, -0.25) is 0 Å². The molecule has 0 rings (SSSR count). The first-order chi connectivity index (χ1) is 9.39. The fraction of sp³-hybridized carbons (Fsp3) is 1.00. The predicted octanol–water partition coefficient (Wildman–Crippen LogP) is 7.87. The van der Waals surface area contributed by atoms with Crippen molar-refractivity contribution in [1.82, 2.24) is 0 Å². The molecule has 0 aliphatic rings. The van der Waals surface area contributed by atoms with Crippen LogP contribution in [0.25, 0.3) is 0 Å². The third-order valence-electron chi connectivity index (χ3n) is 4.40. The molecule has 0 amide bonds. The van der Waals surface area contributed by atoms with Crippen molar-refractivity contribution in [3.8, 4) is 0 Å². The van der Waals surface area contributed by atoms with Crippen molar-refractivity contribution >= 4 is 26.3 Å². The number of hydrogen-bond acceptors (Lipinski definition) is 0. The van der Waals surface area contributed by atoms with E-state index in [0.717, 1.165) is 0 Å². The maximum absolute atomic E-state index is 2.88. The minimum absolute atomic E-state index is 1.34. The monoisotopic (exact) mass is 414 g/mol. The second-order valence-electron chi connectivity index (χ2n) is 7.50. The average molecular weight is 414 g/mol. The van der Waals surface area contributed by atoms with Gasteiger partial charge in [-0.1, -0.05) is 0 Å². The van der Waals surface area contributed by atoms with E-state index in [4.69, 9.17) is 0 Å². The van der Waals surface area contributed by atoms with Crippen LogP contribution in [0.1, 0.15) is 90.9 Å².